The number of hydrogen-bond acceptors (Lipinski definition) is 10. The van der Waals surface area contributed by atoms with Gasteiger partial charge < -0.3 is 35.7 Å². The molecule has 2 unspecified atom stereocenters. The third-order valence-electron chi connectivity index (χ3n) is 21.3. The Morgan fingerprint density at radius 3 is 1.92 bits per heavy atom. The van der Waals surface area contributed by atoms with Gasteiger partial charge in [-0.3, -0.25) is 14.4 Å². The monoisotopic (exact) mass is 869 g/mol. The molecule has 62 heavy (non-hydrogen) atoms. The molecule has 0 heterocycles. The number of carbonyl (C=O) groups excluding carboxylic acids is 3. The van der Waals surface area contributed by atoms with Crippen LogP contribution in [0.1, 0.15) is 198 Å². The molecule has 0 saturated heterocycles. The lowest BCUT2D eigenvalue weighted by Crippen LogP contribution is -2.88. The summed E-state index contributed by atoms with van der Waals surface area (Å²) in [6, 6.07) is 0. The van der Waals surface area contributed by atoms with Crippen molar-refractivity contribution >= 4 is 17.3 Å². The maximum atomic E-state index is 13.7. The van der Waals surface area contributed by atoms with Gasteiger partial charge in [0.1, 0.15) is 39.6 Å². The number of fused-ring (bicyclic) bond motifs is 10. The topological polar surface area (TPSA) is 193 Å². The van der Waals surface area contributed by atoms with Crippen LogP contribution in [0, 0.1) is 57.2 Å². The molecule has 0 aromatic rings. The third kappa shape index (κ3) is 5.80. The van der Waals surface area contributed by atoms with E-state index in [0.29, 0.717) is 43.4 Å². The average molecular weight is 869 g/mol. The number of Topliss-reactive ketones (excluding diaryl/α,β-unsaturated/α-hetero) is 3. The zero-order chi connectivity index (χ0) is 46.1. The van der Waals surface area contributed by atoms with Crippen LogP contribution in [0.4, 0.5) is 0 Å². The summed E-state index contributed by atoms with van der Waals surface area (Å²) in [6.45, 7) is 20.9. The summed E-state index contributed by atoms with van der Waals surface area (Å²) in [5, 5.41) is 84.5. The second-order valence-corrected chi connectivity index (χ2v) is 24.4. The fourth-order valence-corrected chi connectivity index (χ4v) is 17.0. The van der Waals surface area contributed by atoms with Crippen LogP contribution in [0.5, 0.6) is 0 Å². The molecule has 0 spiro atoms. The summed E-state index contributed by atoms with van der Waals surface area (Å²) in [5.74, 6) is 0.689. The Kier molecular flexibility index (Phi) is 11.9. The first kappa shape index (κ1) is 48.4. The highest BCUT2D eigenvalue weighted by molar-refractivity contribution is 6.01. The van der Waals surface area contributed by atoms with Crippen molar-refractivity contribution in [3.05, 3.63) is 11.6 Å². The highest BCUT2D eigenvalue weighted by Gasteiger charge is 2.87. The van der Waals surface area contributed by atoms with Gasteiger partial charge in [0.25, 0.3) is 0 Å². The Morgan fingerprint density at radius 1 is 0.645 bits per heavy atom. The van der Waals surface area contributed by atoms with Gasteiger partial charge in [-0.05, 0) is 107 Å². The van der Waals surface area contributed by atoms with Crippen molar-refractivity contribution in [2.24, 2.45) is 57.2 Å². The number of aliphatic hydroxyl groups is 7. The highest BCUT2D eigenvalue weighted by atomic mass is 16.4. The number of carbonyl (C=O) groups is 3. The molecule has 0 radical (unpaired) electrons. The van der Waals surface area contributed by atoms with E-state index in [1.165, 1.54) is 24.8 Å². The van der Waals surface area contributed by atoms with E-state index in [1.54, 1.807) is 13.8 Å². The normalized spacial score (nSPS) is 51.7. The molecule has 352 valence electrons. The van der Waals surface area contributed by atoms with Gasteiger partial charge in [0.2, 0.25) is 0 Å². The van der Waals surface area contributed by atoms with Crippen molar-refractivity contribution in [2.45, 2.75) is 237 Å². The molecule has 8 rings (SSSR count). The Morgan fingerprint density at radius 2 is 1.27 bits per heavy atom. The van der Waals surface area contributed by atoms with Gasteiger partial charge in [-0.1, -0.05) is 106 Å². The molecule has 10 heteroatoms. The van der Waals surface area contributed by atoms with Gasteiger partial charge in [-0.15, -0.1) is 0 Å². The highest BCUT2D eigenvalue weighted by Crippen LogP contribution is 2.73. The molecule has 0 aromatic carbocycles. The fraction of sp³-hybridized carbons (Fsp3) is 0.904. The zero-order valence-electron chi connectivity index (χ0n) is 40.0. The van der Waals surface area contributed by atoms with Gasteiger partial charge in [-0.25, -0.2) is 0 Å². The molecule has 8 aliphatic carbocycles. The summed E-state index contributed by atoms with van der Waals surface area (Å²) in [5.41, 5.74) is -15.2. The smallest absolute Gasteiger partial charge is 0.182 e. The van der Waals surface area contributed by atoms with Crippen LogP contribution in [-0.2, 0) is 14.4 Å². The van der Waals surface area contributed by atoms with E-state index in [4.69, 9.17) is 0 Å². The average Bonchev–Trinajstić information content (AvgIpc) is 3.64. The molecule has 16 atom stereocenters. The minimum absolute atomic E-state index is 0.0198. The Labute approximate surface area is 372 Å². The van der Waals surface area contributed by atoms with E-state index < -0.39 is 74.1 Å². The Hall–Kier alpha value is -1.53. The van der Waals surface area contributed by atoms with Crippen molar-refractivity contribution in [3.63, 3.8) is 0 Å². The van der Waals surface area contributed by atoms with Gasteiger partial charge >= 0.3 is 0 Å². The first-order valence-electron chi connectivity index (χ1n) is 24.9. The molecule has 10 nitrogen and oxygen atoms in total. The molecule has 8 aliphatic rings. The lowest BCUT2D eigenvalue weighted by molar-refractivity contribution is -0.342. The van der Waals surface area contributed by atoms with Crippen LogP contribution < -0.4 is 0 Å². The molecule has 0 aliphatic heterocycles. The van der Waals surface area contributed by atoms with Gasteiger partial charge in [0.05, 0.1) is 11.0 Å². The first-order chi connectivity index (χ1) is 28.5. The van der Waals surface area contributed by atoms with Crippen LogP contribution in [0.3, 0.4) is 0 Å². The van der Waals surface area contributed by atoms with E-state index in [9.17, 15) is 50.1 Å². The molecule has 7 fully saturated rings. The Bertz CT molecular complexity index is 1850. The van der Waals surface area contributed by atoms with Crippen LogP contribution >= 0.6 is 0 Å². The van der Waals surface area contributed by atoms with E-state index in [-0.39, 0.29) is 54.5 Å². The minimum atomic E-state index is -2.59. The van der Waals surface area contributed by atoms with Crippen molar-refractivity contribution in [1.29, 1.82) is 0 Å². The lowest BCUT2D eigenvalue weighted by Gasteiger charge is -2.70. The van der Waals surface area contributed by atoms with E-state index in [0.717, 1.165) is 50.9 Å². The number of rotatable bonds is 8. The summed E-state index contributed by atoms with van der Waals surface area (Å²) in [7, 11) is 0. The SMILES string of the molecule is CC(C)CCCC(C)[C@H]1CC[C@@]2(O)[C@]3(O)CC=C4C[C@@H](C)CC[C@]4(C)[C@@]3(O)CC[C@]12C.CCCC(C)[C@H]1CC[C@@]2(O)[C@]3(O)C(=O)C[C@]4(O)CC(=O)CC[C@]4(C)[C@@]3(O)CC(=O)[C@]12C. The molecule has 0 bridgehead atoms. The largest absolute Gasteiger partial charge is 0.388 e. The van der Waals surface area contributed by atoms with Crippen molar-refractivity contribution in [2.75, 3.05) is 0 Å². The van der Waals surface area contributed by atoms with Crippen molar-refractivity contribution in [3.8, 4) is 0 Å². The number of hydrogen-bond donors (Lipinski definition) is 7. The second-order valence-electron chi connectivity index (χ2n) is 24.4. The molecular formula is C52H84O10. The molecular weight excluding hydrogens is 785 g/mol. The summed E-state index contributed by atoms with van der Waals surface area (Å²) in [6.07, 6.45) is 13.2. The molecule has 0 amide bonds. The van der Waals surface area contributed by atoms with Crippen LogP contribution in [-0.4, -0.2) is 92.3 Å². The van der Waals surface area contributed by atoms with Crippen molar-refractivity contribution < 1.29 is 50.1 Å². The van der Waals surface area contributed by atoms with Crippen LogP contribution in [0.15, 0.2) is 11.6 Å². The maximum Gasteiger partial charge on any atom is 0.182 e. The third-order valence-corrected chi connectivity index (χ3v) is 21.3. The minimum Gasteiger partial charge on any atom is -0.388 e. The quantitative estimate of drug-likeness (QED) is 0.120. The van der Waals surface area contributed by atoms with E-state index in [2.05, 4.69) is 47.6 Å². The summed E-state index contributed by atoms with van der Waals surface area (Å²) < 4.78 is 0. The van der Waals surface area contributed by atoms with Gasteiger partial charge in [0.15, 0.2) is 11.4 Å². The standard InChI is InChI=1S/C28H48O3.C24H36O7/c1-19(2)8-7-9-21(4)23-12-15-26(29)25(23,6)16-17-27(30)24(5)13-10-20(3)18-22(24)11-14-28(26,27)31;1-5-6-14(2)16-8-10-22(29)20(16,4)17(26)13-23(30)19(3)9-7-15(25)11-21(19,28)12-18(27)24(22,23)31/h11,19-21,23,29-31H,7-10,12-18H2,1-6H3;14,16,28-31H,5-13H2,1-4H3/t20-,21?,23+,24-,25+,26-,27-,28+;14?,16-,19+,20+,21-,22+,23+,24-/m01/s1. The fourth-order valence-electron chi connectivity index (χ4n) is 17.0. The second kappa shape index (κ2) is 15.2. The van der Waals surface area contributed by atoms with Gasteiger partial charge in [-0.2, -0.15) is 0 Å². The Balaban J connectivity index is 0.000000186. The van der Waals surface area contributed by atoms with Crippen LogP contribution in [0.2, 0.25) is 0 Å². The molecule has 0 aromatic heterocycles. The lowest BCUT2D eigenvalue weighted by atomic mass is 9.37. The molecule has 7 saturated carbocycles. The van der Waals surface area contributed by atoms with Gasteiger partial charge in [0, 0.05) is 48.3 Å². The maximum absolute atomic E-state index is 13.7. The predicted octanol–water partition coefficient (Wildman–Crippen LogP) is 7.48. The summed E-state index contributed by atoms with van der Waals surface area (Å²) >= 11 is 0. The summed E-state index contributed by atoms with van der Waals surface area (Å²) in [4.78, 5) is 39.4. The van der Waals surface area contributed by atoms with Crippen LogP contribution in [0.25, 0.3) is 0 Å². The first-order valence-corrected chi connectivity index (χ1v) is 24.9. The predicted molar refractivity (Wildman–Crippen MR) is 238 cm³/mol. The van der Waals surface area contributed by atoms with E-state index in [1.807, 2.05) is 13.8 Å². The molecule has 7 N–H and O–H groups in total. The number of ketones is 3. The van der Waals surface area contributed by atoms with Crippen molar-refractivity contribution in [1.82, 2.24) is 0 Å². The van der Waals surface area contributed by atoms with E-state index >= 15 is 0 Å². The zero-order valence-corrected chi connectivity index (χ0v) is 40.0.